The Morgan fingerprint density at radius 3 is 2.16 bits per heavy atom. The summed E-state index contributed by atoms with van der Waals surface area (Å²) in [6.45, 7) is 2.30. The molecule has 0 atom stereocenters. The lowest BCUT2D eigenvalue weighted by Gasteiger charge is -2.09. The molecule has 5 heteroatoms. The van der Waals surface area contributed by atoms with Crippen molar-refractivity contribution in [1.29, 1.82) is 0 Å². The second kappa shape index (κ2) is 5.67. The van der Waals surface area contributed by atoms with Crippen molar-refractivity contribution in [2.75, 3.05) is 14.2 Å². The molecule has 1 aromatic heterocycles. The monoisotopic (exact) mass is 259 g/mol. The van der Waals surface area contributed by atoms with Gasteiger partial charge in [0, 0.05) is 23.9 Å². The van der Waals surface area contributed by atoms with Gasteiger partial charge in [-0.15, -0.1) is 0 Å². The number of ether oxygens (including phenoxy) is 2. The van der Waals surface area contributed by atoms with Gasteiger partial charge in [-0.05, 0) is 25.1 Å². The van der Waals surface area contributed by atoms with Gasteiger partial charge < -0.3 is 15.2 Å². The van der Waals surface area contributed by atoms with Crippen LogP contribution in [0.1, 0.15) is 11.4 Å². The van der Waals surface area contributed by atoms with Crippen LogP contribution in [-0.2, 0) is 6.54 Å². The fourth-order valence-corrected chi connectivity index (χ4v) is 1.80. The van der Waals surface area contributed by atoms with Crippen LogP contribution in [-0.4, -0.2) is 24.2 Å². The first-order valence-corrected chi connectivity index (χ1v) is 5.94. The minimum absolute atomic E-state index is 0.386. The Morgan fingerprint density at radius 1 is 1.00 bits per heavy atom. The highest BCUT2D eigenvalue weighted by molar-refractivity contribution is 5.61. The van der Waals surface area contributed by atoms with Gasteiger partial charge in [-0.25, -0.2) is 9.97 Å². The molecule has 2 N–H and O–H groups in total. The minimum Gasteiger partial charge on any atom is -0.497 e. The molecule has 0 unspecified atom stereocenters. The highest BCUT2D eigenvalue weighted by Crippen LogP contribution is 2.28. The van der Waals surface area contributed by atoms with E-state index in [-0.39, 0.29) is 0 Å². The van der Waals surface area contributed by atoms with E-state index in [1.165, 1.54) is 0 Å². The Morgan fingerprint density at radius 2 is 1.63 bits per heavy atom. The number of nitrogens with two attached hydrogens (primary N) is 1. The van der Waals surface area contributed by atoms with E-state index in [9.17, 15) is 0 Å². The summed E-state index contributed by atoms with van der Waals surface area (Å²) in [5.74, 6) is 2.03. The van der Waals surface area contributed by atoms with Gasteiger partial charge >= 0.3 is 0 Å². The molecule has 2 aromatic rings. The van der Waals surface area contributed by atoms with Crippen molar-refractivity contribution in [2.45, 2.75) is 13.5 Å². The molecule has 0 radical (unpaired) electrons. The summed E-state index contributed by atoms with van der Waals surface area (Å²) < 4.78 is 10.5. The van der Waals surface area contributed by atoms with Gasteiger partial charge in [-0.2, -0.15) is 0 Å². The van der Waals surface area contributed by atoms with E-state index in [4.69, 9.17) is 15.2 Å². The Balaban J connectivity index is 2.54. The van der Waals surface area contributed by atoms with Crippen LogP contribution < -0.4 is 15.2 Å². The summed E-state index contributed by atoms with van der Waals surface area (Å²) in [5, 5.41) is 0. The highest BCUT2D eigenvalue weighted by atomic mass is 16.5. The van der Waals surface area contributed by atoms with Crippen molar-refractivity contribution >= 4 is 0 Å². The molecule has 19 heavy (non-hydrogen) atoms. The lowest BCUT2D eigenvalue weighted by Crippen LogP contribution is -2.03. The Hall–Kier alpha value is -2.14. The first-order chi connectivity index (χ1) is 9.16. The van der Waals surface area contributed by atoms with Gasteiger partial charge in [0.2, 0.25) is 0 Å². The van der Waals surface area contributed by atoms with Gasteiger partial charge in [0.15, 0.2) is 5.82 Å². The van der Waals surface area contributed by atoms with Crippen molar-refractivity contribution in [3.8, 4) is 22.9 Å². The fourth-order valence-electron chi connectivity index (χ4n) is 1.80. The van der Waals surface area contributed by atoms with Crippen LogP contribution in [0.25, 0.3) is 11.4 Å². The Bertz CT molecular complexity index is 563. The standard InChI is InChI=1S/C14H17N3O2/c1-9-4-11(8-15)17-14(16-9)10-5-12(18-2)7-13(6-10)19-3/h4-7H,8,15H2,1-3H3. The molecule has 0 amide bonds. The zero-order valence-electron chi connectivity index (χ0n) is 11.3. The lowest BCUT2D eigenvalue weighted by atomic mass is 10.1. The molecule has 5 nitrogen and oxygen atoms in total. The molecule has 0 fully saturated rings. The number of aromatic nitrogens is 2. The van der Waals surface area contributed by atoms with Crippen molar-refractivity contribution in [2.24, 2.45) is 5.73 Å². The third-order valence-electron chi connectivity index (χ3n) is 2.73. The van der Waals surface area contributed by atoms with Gasteiger partial charge in [0.1, 0.15) is 11.5 Å². The van der Waals surface area contributed by atoms with Crippen LogP contribution in [0.15, 0.2) is 24.3 Å². The average Bonchev–Trinajstić information content (AvgIpc) is 2.45. The van der Waals surface area contributed by atoms with Crippen molar-refractivity contribution in [3.05, 3.63) is 35.7 Å². The second-order valence-corrected chi connectivity index (χ2v) is 4.13. The van der Waals surface area contributed by atoms with Gasteiger partial charge in [0.25, 0.3) is 0 Å². The molecule has 0 aliphatic heterocycles. The molecule has 0 bridgehead atoms. The summed E-state index contributed by atoms with van der Waals surface area (Å²) in [6, 6.07) is 7.43. The highest BCUT2D eigenvalue weighted by Gasteiger charge is 2.08. The number of rotatable bonds is 4. The molecule has 100 valence electrons. The molecule has 0 saturated carbocycles. The van der Waals surface area contributed by atoms with Crippen LogP contribution in [0.5, 0.6) is 11.5 Å². The van der Waals surface area contributed by atoms with Crippen molar-refractivity contribution in [1.82, 2.24) is 9.97 Å². The van der Waals surface area contributed by atoms with E-state index < -0.39 is 0 Å². The quantitative estimate of drug-likeness (QED) is 0.908. The third-order valence-corrected chi connectivity index (χ3v) is 2.73. The van der Waals surface area contributed by atoms with Crippen LogP contribution in [0, 0.1) is 6.92 Å². The van der Waals surface area contributed by atoms with Gasteiger partial charge in [0.05, 0.1) is 19.9 Å². The molecule has 0 aliphatic carbocycles. The number of hydrogen-bond acceptors (Lipinski definition) is 5. The topological polar surface area (TPSA) is 70.3 Å². The summed E-state index contributed by atoms with van der Waals surface area (Å²) >= 11 is 0. The van der Waals surface area contributed by atoms with E-state index in [0.29, 0.717) is 23.9 Å². The Kier molecular flexibility index (Phi) is 3.97. The first kappa shape index (κ1) is 13.3. The number of methoxy groups -OCH3 is 2. The van der Waals surface area contributed by atoms with Crippen LogP contribution in [0.3, 0.4) is 0 Å². The van der Waals surface area contributed by atoms with Gasteiger partial charge in [-0.1, -0.05) is 0 Å². The molecule has 0 spiro atoms. The number of benzene rings is 1. The number of aryl methyl sites for hydroxylation is 1. The fraction of sp³-hybridized carbons (Fsp3) is 0.286. The SMILES string of the molecule is COc1cc(OC)cc(-c2nc(C)cc(CN)n2)c1. The number of nitrogens with zero attached hydrogens (tertiary/aromatic N) is 2. The Labute approximate surface area is 112 Å². The first-order valence-electron chi connectivity index (χ1n) is 5.94. The third kappa shape index (κ3) is 3.00. The van der Waals surface area contributed by atoms with E-state index in [2.05, 4.69) is 9.97 Å². The predicted molar refractivity (Wildman–Crippen MR) is 73.2 cm³/mol. The van der Waals surface area contributed by atoms with Crippen molar-refractivity contribution in [3.63, 3.8) is 0 Å². The maximum absolute atomic E-state index is 5.64. The van der Waals surface area contributed by atoms with E-state index in [1.807, 2.05) is 31.2 Å². The summed E-state index contributed by atoms with van der Waals surface area (Å²) in [5.41, 5.74) is 8.17. The smallest absolute Gasteiger partial charge is 0.159 e. The summed E-state index contributed by atoms with van der Waals surface area (Å²) in [4.78, 5) is 8.85. The van der Waals surface area contributed by atoms with E-state index in [1.54, 1.807) is 14.2 Å². The minimum atomic E-state index is 0.386. The average molecular weight is 259 g/mol. The zero-order chi connectivity index (χ0) is 13.8. The number of hydrogen-bond donors (Lipinski definition) is 1. The molecular weight excluding hydrogens is 242 g/mol. The molecule has 0 saturated heterocycles. The molecule has 1 heterocycles. The predicted octanol–water partition coefficient (Wildman–Crippen LogP) is 1.93. The van der Waals surface area contributed by atoms with E-state index >= 15 is 0 Å². The van der Waals surface area contributed by atoms with Crippen LogP contribution >= 0.6 is 0 Å². The zero-order valence-corrected chi connectivity index (χ0v) is 11.3. The normalized spacial score (nSPS) is 10.3. The van der Waals surface area contributed by atoms with Gasteiger partial charge in [-0.3, -0.25) is 0 Å². The molecule has 0 aliphatic rings. The maximum Gasteiger partial charge on any atom is 0.159 e. The molecule has 2 rings (SSSR count). The molecular formula is C14H17N3O2. The summed E-state index contributed by atoms with van der Waals surface area (Å²) in [6.07, 6.45) is 0. The molecule has 1 aromatic carbocycles. The second-order valence-electron chi connectivity index (χ2n) is 4.13. The largest absolute Gasteiger partial charge is 0.497 e. The van der Waals surface area contributed by atoms with Crippen LogP contribution in [0.4, 0.5) is 0 Å². The van der Waals surface area contributed by atoms with Crippen LogP contribution in [0.2, 0.25) is 0 Å². The van der Waals surface area contributed by atoms with E-state index in [0.717, 1.165) is 17.0 Å². The maximum atomic E-state index is 5.64. The lowest BCUT2D eigenvalue weighted by molar-refractivity contribution is 0.394. The van der Waals surface area contributed by atoms with Crippen molar-refractivity contribution < 1.29 is 9.47 Å². The summed E-state index contributed by atoms with van der Waals surface area (Å²) in [7, 11) is 3.22.